The van der Waals surface area contributed by atoms with Crippen LogP contribution in [-0.4, -0.2) is 55.0 Å². The first-order chi connectivity index (χ1) is 16.2. The van der Waals surface area contributed by atoms with Crippen LogP contribution in [-0.2, 0) is 24.2 Å². The van der Waals surface area contributed by atoms with Gasteiger partial charge in [-0.25, -0.2) is 0 Å². The molecule has 3 aromatic carbocycles. The van der Waals surface area contributed by atoms with Gasteiger partial charge in [0, 0.05) is 45.5 Å². The molecule has 4 nitrogen and oxygen atoms in total. The van der Waals surface area contributed by atoms with Gasteiger partial charge in [-0.2, -0.15) is 0 Å². The van der Waals surface area contributed by atoms with Crippen LogP contribution >= 0.6 is 0 Å². The van der Waals surface area contributed by atoms with Crippen LogP contribution in [0.15, 0.2) is 84.9 Å². The molecule has 2 aliphatic rings. The fourth-order valence-electron chi connectivity index (χ4n) is 5.45. The smallest absolute Gasteiger partial charge is 0.228 e. The second-order valence-corrected chi connectivity index (χ2v) is 9.42. The van der Waals surface area contributed by atoms with Gasteiger partial charge in [-0.05, 0) is 35.6 Å². The first-order valence-electron chi connectivity index (χ1n) is 12.1. The number of anilines is 1. The molecule has 1 amide bonds. The molecule has 0 aliphatic carbocycles. The summed E-state index contributed by atoms with van der Waals surface area (Å²) in [7, 11) is 1.95. The number of hydrogen-bond acceptors (Lipinski definition) is 3. The van der Waals surface area contributed by atoms with E-state index in [0.29, 0.717) is 6.54 Å². The molecule has 2 heterocycles. The second kappa shape index (κ2) is 9.80. The summed E-state index contributed by atoms with van der Waals surface area (Å²) in [5.74, 6) is 0.237. The molecule has 0 aromatic heterocycles. The Morgan fingerprint density at radius 1 is 0.879 bits per heavy atom. The summed E-state index contributed by atoms with van der Waals surface area (Å²) in [5, 5.41) is 0. The molecule has 0 saturated carbocycles. The van der Waals surface area contributed by atoms with Crippen molar-refractivity contribution in [1.29, 1.82) is 0 Å². The average molecular weight is 440 g/mol. The summed E-state index contributed by atoms with van der Waals surface area (Å²) in [6, 6.07) is 29.9. The average Bonchev–Trinajstić information content (AvgIpc) is 2.87. The maximum atomic E-state index is 13.7. The van der Waals surface area contributed by atoms with E-state index in [0.717, 1.165) is 39.0 Å². The van der Waals surface area contributed by atoms with E-state index in [1.807, 2.05) is 30.1 Å². The van der Waals surface area contributed by atoms with Gasteiger partial charge in [0.1, 0.15) is 0 Å². The van der Waals surface area contributed by atoms with Gasteiger partial charge in [0.15, 0.2) is 0 Å². The van der Waals surface area contributed by atoms with Crippen molar-refractivity contribution in [3.63, 3.8) is 0 Å². The van der Waals surface area contributed by atoms with E-state index in [-0.39, 0.29) is 17.9 Å². The predicted octanol–water partition coefficient (Wildman–Crippen LogP) is 4.25. The SMILES string of the molecule is CN(Cc1ccccc1)C(=O)C1Cc2ccccc2N2CCN(CCc3ccccc3)CC12. The number of carbonyl (C=O) groups excluding carboxylic acids is 1. The Morgan fingerprint density at radius 2 is 1.55 bits per heavy atom. The second-order valence-electron chi connectivity index (χ2n) is 9.42. The van der Waals surface area contributed by atoms with Crippen LogP contribution in [0.2, 0.25) is 0 Å². The number of para-hydroxylation sites is 1. The highest BCUT2D eigenvalue weighted by atomic mass is 16.2. The van der Waals surface area contributed by atoms with Crippen LogP contribution in [0.4, 0.5) is 5.69 Å². The van der Waals surface area contributed by atoms with Gasteiger partial charge in [-0.3, -0.25) is 9.69 Å². The van der Waals surface area contributed by atoms with Crippen LogP contribution < -0.4 is 4.90 Å². The molecule has 2 atom stereocenters. The topological polar surface area (TPSA) is 26.8 Å². The predicted molar refractivity (Wildman–Crippen MR) is 134 cm³/mol. The van der Waals surface area contributed by atoms with Crippen molar-refractivity contribution in [2.45, 2.75) is 25.4 Å². The largest absolute Gasteiger partial charge is 0.365 e. The number of amides is 1. The minimum absolute atomic E-state index is 0.0202. The van der Waals surface area contributed by atoms with Gasteiger partial charge in [0.25, 0.3) is 0 Å². The maximum absolute atomic E-state index is 13.7. The lowest BCUT2D eigenvalue weighted by Crippen LogP contribution is -2.61. The van der Waals surface area contributed by atoms with E-state index >= 15 is 0 Å². The molecule has 0 N–H and O–H groups in total. The molecule has 4 heteroatoms. The Bertz CT molecular complexity index is 1070. The molecule has 2 unspecified atom stereocenters. The Hall–Kier alpha value is -3.11. The van der Waals surface area contributed by atoms with Crippen LogP contribution in [0.5, 0.6) is 0 Å². The zero-order valence-electron chi connectivity index (χ0n) is 19.4. The minimum atomic E-state index is -0.0202. The molecule has 0 radical (unpaired) electrons. The van der Waals surface area contributed by atoms with Gasteiger partial charge >= 0.3 is 0 Å². The van der Waals surface area contributed by atoms with Crippen molar-refractivity contribution in [2.75, 3.05) is 38.1 Å². The Kier molecular flexibility index (Phi) is 6.45. The van der Waals surface area contributed by atoms with Crippen molar-refractivity contribution in [3.8, 4) is 0 Å². The Labute approximate surface area is 197 Å². The highest BCUT2D eigenvalue weighted by Crippen LogP contribution is 2.36. The van der Waals surface area contributed by atoms with Crippen molar-refractivity contribution in [1.82, 2.24) is 9.80 Å². The molecule has 5 rings (SSSR count). The lowest BCUT2D eigenvalue weighted by atomic mass is 9.83. The lowest BCUT2D eigenvalue weighted by Gasteiger charge is -2.49. The molecule has 3 aromatic rings. The maximum Gasteiger partial charge on any atom is 0.228 e. The third kappa shape index (κ3) is 4.81. The van der Waals surface area contributed by atoms with E-state index in [1.165, 1.54) is 22.4 Å². The van der Waals surface area contributed by atoms with Crippen molar-refractivity contribution in [2.24, 2.45) is 5.92 Å². The molecule has 0 spiro atoms. The summed E-state index contributed by atoms with van der Waals surface area (Å²) in [4.78, 5) is 20.7. The molecule has 1 fully saturated rings. The number of benzene rings is 3. The number of carbonyl (C=O) groups is 1. The van der Waals surface area contributed by atoms with Gasteiger partial charge in [-0.1, -0.05) is 78.9 Å². The molecule has 1 saturated heterocycles. The summed E-state index contributed by atoms with van der Waals surface area (Å²) < 4.78 is 0. The normalized spacial score (nSPS) is 20.1. The quantitative estimate of drug-likeness (QED) is 0.575. The zero-order valence-corrected chi connectivity index (χ0v) is 19.4. The van der Waals surface area contributed by atoms with Gasteiger partial charge in [-0.15, -0.1) is 0 Å². The van der Waals surface area contributed by atoms with E-state index in [2.05, 4.69) is 76.5 Å². The van der Waals surface area contributed by atoms with E-state index in [1.54, 1.807) is 0 Å². The molecular formula is C29H33N3O. The van der Waals surface area contributed by atoms with Crippen molar-refractivity contribution in [3.05, 3.63) is 102 Å². The summed E-state index contributed by atoms with van der Waals surface area (Å²) >= 11 is 0. The fraction of sp³-hybridized carbons (Fsp3) is 0.345. The van der Waals surface area contributed by atoms with Crippen LogP contribution in [0, 0.1) is 5.92 Å². The number of fused-ring (bicyclic) bond motifs is 3. The number of piperazine rings is 1. The van der Waals surface area contributed by atoms with E-state index in [9.17, 15) is 4.79 Å². The monoisotopic (exact) mass is 439 g/mol. The van der Waals surface area contributed by atoms with E-state index in [4.69, 9.17) is 0 Å². The van der Waals surface area contributed by atoms with Crippen LogP contribution in [0.1, 0.15) is 16.7 Å². The summed E-state index contributed by atoms with van der Waals surface area (Å²) in [6.07, 6.45) is 1.87. The minimum Gasteiger partial charge on any atom is -0.365 e. The van der Waals surface area contributed by atoms with Gasteiger partial charge in [0.2, 0.25) is 5.91 Å². The molecule has 170 valence electrons. The molecule has 2 aliphatic heterocycles. The van der Waals surface area contributed by atoms with Crippen molar-refractivity contribution >= 4 is 11.6 Å². The summed E-state index contributed by atoms with van der Waals surface area (Å²) in [5.41, 5.74) is 5.18. The fourth-order valence-corrected chi connectivity index (χ4v) is 5.45. The number of nitrogens with zero attached hydrogens (tertiary/aromatic N) is 3. The molecule has 33 heavy (non-hydrogen) atoms. The Balaban J connectivity index is 1.34. The first kappa shape index (κ1) is 21.7. The molecule has 0 bridgehead atoms. The third-order valence-electron chi connectivity index (χ3n) is 7.22. The van der Waals surface area contributed by atoms with Crippen LogP contribution in [0.25, 0.3) is 0 Å². The number of hydrogen-bond donors (Lipinski definition) is 0. The summed E-state index contributed by atoms with van der Waals surface area (Å²) in [6.45, 7) is 4.65. The van der Waals surface area contributed by atoms with Crippen molar-refractivity contribution < 1.29 is 4.79 Å². The van der Waals surface area contributed by atoms with E-state index < -0.39 is 0 Å². The molecular weight excluding hydrogens is 406 g/mol. The Morgan fingerprint density at radius 3 is 2.30 bits per heavy atom. The number of rotatable bonds is 6. The zero-order chi connectivity index (χ0) is 22.6. The highest BCUT2D eigenvalue weighted by Gasteiger charge is 2.42. The van der Waals surface area contributed by atoms with Crippen LogP contribution in [0.3, 0.4) is 0 Å². The van der Waals surface area contributed by atoms with Gasteiger partial charge in [0.05, 0.1) is 12.0 Å². The standard InChI is InChI=1S/C29H33N3O/c1-30(21-24-12-6-3-7-13-24)29(33)26-20-25-14-8-9-15-27(25)32-19-18-31(22-28(26)32)17-16-23-10-4-2-5-11-23/h2-15,26,28H,16-22H2,1H3. The third-order valence-corrected chi connectivity index (χ3v) is 7.22. The van der Waals surface area contributed by atoms with Gasteiger partial charge < -0.3 is 9.80 Å². The highest BCUT2D eigenvalue weighted by molar-refractivity contribution is 5.82. The lowest BCUT2D eigenvalue weighted by molar-refractivity contribution is -0.136. The first-order valence-corrected chi connectivity index (χ1v) is 12.1.